The molecule has 0 unspecified atom stereocenters. The first-order valence-corrected chi connectivity index (χ1v) is 11.0. The van der Waals surface area contributed by atoms with Gasteiger partial charge in [-0.15, -0.1) is 0 Å². The number of hydrogen-bond donors (Lipinski definition) is 1. The van der Waals surface area contributed by atoms with Crippen molar-refractivity contribution in [1.82, 2.24) is 0 Å². The lowest BCUT2D eigenvalue weighted by atomic mass is 10.1. The van der Waals surface area contributed by atoms with E-state index in [0.29, 0.717) is 27.1 Å². The Balaban J connectivity index is 1.91. The number of carbonyl (C=O) groups excluding carboxylic acids is 1. The summed E-state index contributed by atoms with van der Waals surface area (Å²) in [5.41, 5.74) is 1.27. The molecule has 0 aromatic heterocycles. The van der Waals surface area contributed by atoms with Gasteiger partial charge in [-0.25, -0.2) is 0 Å². The topological polar surface area (TPSA) is 71.3 Å². The van der Waals surface area contributed by atoms with Crippen LogP contribution in [0, 0.1) is 11.3 Å². The first kappa shape index (κ1) is 24.8. The monoisotopic (exact) mass is 520 g/mol. The molecule has 1 amide bonds. The Morgan fingerprint density at radius 3 is 2.33 bits per heavy atom. The Labute approximate surface area is 211 Å². The van der Waals surface area contributed by atoms with E-state index in [1.54, 1.807) is 54.6 Å². The SMILES string of the molecule is COc1cccc(/C=C(\C#N)C(=O)Nc2c(Cl)cccc2Cl)c1OCc1ccc(Cl)c(Cl)c1. The molecule has 0 fully saturated rings. The molecule has 0 saturated heterocycles. The van der Waals surface area contributed by atoms with E-state index in [0.717, 1.165) is 5.56 Å². The summed E-state index contributed by atoms with van der Waals surface area (Å²) in [6, 6.07) is 17.0. The maximum Gasteiger partial charge on any atom is 0.266 e. The molecule has 0 heterocycles. The highest BCUT2D eigenvalue weighted by Crippen LogP contribution is 2.34. The number of ether oxygens (including phenoxy) is 2. The molecule has 0 spiro atoms. The van der Waals surface area contributed by atoms with E-state index in [4.69, 9.17) is 55.9 Å². The first-order valence-electron chi connectivity index (χ1n) is 9.45. The molecule has 0 saturated carbocycles. The zero-order chi connectivity index (χ0) is 24.0. The van der Waals surface area contributed by atoms with Crippen LogP contribution in [-0.4, -0.2) is 13.0 Å². The second-order valence-electron chi connectivity index (χ2n) is 6.64. The van der Waals surface area contributed by atoms with E-state index >= 15 is 0 Å². The number of rotatable bonds is 7. The summed E-state index contributed by atoms with van der Waals surface area (Å²) in [5.74, 6) is 0.101. The highest BCUT2D eigenvalue weighted by molar-refractivity contribution is 6.42. The van der Waals surface area contributed by atoms with Gasteiger partial charge >= 0.3 is 0 Å². The summed E-state index contributed by atoms with van der Waals surface area (Å²) in [6.07, 6.45) is 1.40. The standard InChI is InChI=1S/C24H16Cl4N2O3/c1-32-21-7-2-4-15(23(21)33-13-14-8-9-17(25)20(28)10-14)11-16(12-29)24(31)30-22-18(26)5-3-6-19(22)27/h2-11H,13H2,1H3,(H,30,31)/b16-11+. The summed E-state index contributed by atoms with van der Waals surface area (Å²) in [5, 5.41) is 13.5. The van der Waals surface area contributed by atoms with Gasteiger partial charge in [-0.05, 0) is 42.0 Å². The van der Waals surface area contributed by atoms with E-state index in [-0.39, 0.29) is 27.9 Å². The number of anilines is 1. The second-order valence-corrected chi connectivity index (χ2v) is 8.27. The number of nitrogens with one attached hydrogen (secondary N) is 1. The lowest BCUT2D eigenvalue weighted by Gasteiger charge is -2.14. The van der Waals surface area contributed by atoms with E-state index in [1.807, 2.05) is 6.07 Å². The molecule has 0 aliphatic rings. The minimum absolute atomic E-state index is 0.154. The van der Waals surface area contributed by atoms with Crippen molar-refractivity contribution in [3.63, 3.8) is 0 Å². The number of methoxy groups -OCH3 is 1. The van der Waals surface area contributed by atoms with Crippen molar-refractivity contribution in [2.75, 3.05) is 12.4 Å². The molecule has 33 heavy (non-hydrogen) atoms. The van der Waals surface area contributed by atoms with Gasteiger partial charge in [0.05, 0.1) is 32.9 Å². The third-order valence-corrected chi connectivity index (χ3v) is 5.83. The Kier molecular flexibility index (Phi) is 8.49. The number of benzene rings is 3. The van der Waals surface area contributed by atoms with Gasteiger partial charge in [0.1, 0.15) is 18.2 Å². The van der Waals surface area contributed by atoms with Crippen molar-refractivity contribution in [2.45, 2.75) is 6.61 Å². The van der Waals surface area contributed by atoms with Gasteiger partial charge in [0, 0.05) is 5.56 Å². The minimum Gasteiger partial charge on any atom is -0.493 e. The van der Waals surface area contributed by atoms with Crippen molar-refractivity contribution in [2.24, 2.45) is 0 Å². The van der Waals surface area contributed by atoms with Gasteiger partial charge in [-0.2, -0.15) is 5.26 Å². The second kappa shape index (κ2) is 11.3. The predicted molar refractivity (Wildman–Crippen MR) is 132 cm³/mol. The average Bonchev–Trinajstić information content (AvgIpc) is 2.80. The molecule has 3 aromatic carbocycles. The van der Waals surface area contributed by atoms with Crippen molar-refractivity contribution in [3.8, 4) is 17.6 Å². The summed E-state index contributed by atoms with van der Waals surface area (Å²) in [6.45, 7) is 0.154. The molecule has 1 N–H and O–H groups in total. The van der Waals surface area contributed by atoms with Crippen molar-refractivity contribution in [1.29, 1.82) is 5.26 Å². The Morgan fingerprint density at radius 2 is 1.70 bits per heavy atom. The predicted octanol–water partition coefficient (Wildman–Crippen LogP) is 7.43. The number of para-hydroxylation sites is 2. The largest absolute Gasteiger partial charge is 0.493 e. The molecule has 9 heteroatoms. The lowest BCUT2D eigenvalue weighted by Crippen LogP contribution is -2.14. The zero-order valence-electron chi connectivity index (χ0n) is 17.2. The number of nitriles is 1. The van der Waals surface area contributed by atoms with Crippen LogP contribution < -0.4 is 14.8 Å². The summed E-state index contributed by atoms with van der Waals surface area (Å²) < 4.78 is 11.4. The third-order valence-electron chi connectivity index (χ3n) is 4.46. The van der Waals surface area contributed by atoms with Gasteiger partial charge in [0.15, 0.2) is 11.5 Å². The molecule has 0 aliphatic heterocycles. The van der Waals surface area contributed by atoms with Gasteiger partial charge in [0.25, 0.3) is 5.91 Å². The zero-order valence-corrected chi connectivity index (χ0v) is 20.2. The van der Waals surface area contributed by atoms with E-state index in [2.05, 4.69) is 5.32 Å². The fourth-order valence-electron chi connectivity index (χ4n) is 2.85. The molecular formula is C24H16Cl4N2O3. The number of hydrogen-bond acceptors (Lipinski definition) is 4. The molecular weight excluding hydrogens is 506 g/mol. The molecule has 3 rings (SSSR count). The van der Waals surface area contributed by atoms with Gasteiger partial charge in [-0.1, -0.05) is 70.7 Å². The maximum absolute atomic E-state index is 12.7. The van der Waals surface area contributed by atoms with Gasteiger partial charge < -0.3 is 14.8 Å². The lowest BCUT2D eigenvalue weighted by molar-refractivity contribution is -0.112. The Hall–Kier alpha value is -2.88. The van der Waals surface area contributed by atoms with Crippen LogP contribution in [0.15, 0.2) is 60.2 Å². The highest BCUT2D eigenvalue weighted by Gasteiger charge is 2.16. The number of carbonyl (C=O) groups is 1. The van der Waals surface area contributed by atoms with Crippen LogP contribution in [-0.2, 0) is 11.4 Å². The van der Waals surface area contributed by atoms with Crippen LogP contribution in [0.1, 0.15) is 11.1 Å². The van der Waals surface area contributed by atoms with E-state index in [1.165, 1.54) is 13.2 Å². The molecule has 5 nitrogen and oxygen atoms in total. The highest BCUT2D eigenvalue weighted by atomic mass is 35.5. The fourth-order valence-corrected chi connectivity index (χ4v) is 3.66. The van der Waals surface area contributed by atoms with Gasteiger partial charge in [-0.3, -0.25) is 4.79 Å². The summed E-state index contributed by atoms with van der Waals surface area (Å²) in [7, 11) is 1.49. The quantitative estimate of drug-likeness (QED) is 0.259. The molecule has 0 atom stereocenters. The number of amides is 1. The normalized spacial score (nSPS) is 11.0. The smallest absolute Gasteiger partial charge is 0.266 e. The van der Waals surface area contributed by atoms with Crippen molar-refractivity contribution >= 4 is 64.1 Å². The summed E-state index contributed by atoms with van der Waals surface area (Å²) in [4.78, 5) is 12.7. The van der Waals surface area contributed by atoms with E-state index in [9.17, 15) is 10.1 Å². The van der Waals surface area contributed by atoms with Crippen LogP contribution in [0.2, 0.25) is 20.1 Å². The molecule has 0 aliphatic carbocycles. The van der Waals surface area contributed by atoms with Crippen LogP contribution in [0.5, 0.6) is 11.5 Å². The number of nitrogens with zero attached hydrogens (tertiary/aromatic N) is 1. The van der Waals surface area contributed by atoms with Crippen LogP contribution in [0.4, 0.5) is 5.69 Å². The Bertz CT molecular complexity index is 1250. The first-order chi connectivity index (χ1) is 15.8. The van der Waals surface area contributed by atoms with Crippen LogP contribution in [0.25, 0.3) is 6.08 Å². The molecule has 3 aromatic rings. The van der Waals surface area contributed by atoms with Crippen molar-refractivity contribution < 1.29 is 14.3 Å². The van der Waals surface area contributed by atoms with Gasteiger partial charge in [0.2, 0.25) is 0 Å². The number of halogens is 4. The minimum atomic E-state index is -0.675. The average molecular weight is 522 g/mol. The van der Waals surface area contributed by atoms with Crippen LogP contribution >= 0.6 is 46.4 Å². The maximum atomic E-state index is 12.7. The third kappa shape index (κ3) is 6.13. The van der Waals surface area contributed by atoms with Crippen LogP contribution in [0.3, 0.4) is 0 Å². The molecule has 0 radical (unpaired) electrons. The summed E-state index contributed by atoms with van der Waals surface area (Å²) >= 11 is 24.3. The Morgan fingerprint density at radius 1 is 1.00 bits per heavy atom. The molecule has 0 bridgehead atoms. The molecule has 168 valence electrons. The van der Waals surface area contributed by atoms with Crippen molar-refractivity contribution in [3.05, 3.63) is 91.4 Å². The fraction of sp³-hybridized carbons (Fsp3) is 0.0833. The van der Waals surface area contributed by atoms with E-state index < -0.39 is 5.91 Å².